The number of nitrogens with zero attached hydrogens (tertiary/aromatic N) is 2. The Morgan fingerprint density at radius 3 is 1.30 bits per heavy atom. The number of aliphatic imine (C=N–C) groups is 2. The van der Waals surface area contributed by atoms with Crippen LogP contribution in [0, 0.1) is 0 Å². The van der Waals surface area contributed by atoms with Crippen LogP contribution in [0.3, 0.4) is 0 Å². The molecule has 0 fully saturated rings. The molecule has 4 aromatic carbocycles. The summed E-state index contributed by atoms with van der Waals surface area (Å²) in [5, 5.41) is 22.8. The number of rotatable bonds is 2. The minimum absolute atomic E-state index is 0.0187. The number of hydrogen-bond donors (Lipinski definition) is 2. The van der Waals surface area contributed by atoms with Crippen molar-refractivity contribution in [1.29, 1.82) is 0 Å². The van der Waals surface area contributed by atoms with E-state index < -0.39 is 12.1 Å². The number of ether oxygens (including phenoxy) is 3. The van der Waals surface area contributed by atoms with Gasteiger partial charge in [-0.1, -0.05) is 102 Å². The molecule has 0 aromatic heterocycles. The summed E-state index contributed by atoms with van der Waals surface area (Å²) in [5.74, 6) is 0.790. The van der Waals surface area contributed by atoms with E-state index in [9.17, 15) is 10.2 Å². The lowest BCUT2D eigenvalue weighted by molar-refractivity contribution is 0.0750. The molecule has 1 unspecified atom stereocenters. The van der Waals surface area contributed by atoms with E-state index in [1.54, 1.807) is 12.4 Å². The molecule has 7 nitrogen and oxygen atoms in total. The molecule has 5 rings (SSSR count). The highest BCUT2D eigenvalue weighted by molar-refractivity contribution is 5.87. The first-order chi connectivity index (χ1) is 22.4. The summed E-state index contributed by atoms with van der Waals surface area (Å²) in [7, 11) is 0. The largest absolute Gasteiger partial charge is 0.504 e. The van der Waals surface area contributed by atoms with Crippen molar-refractivity contribution in [2.45, 2.75) is 64.5 Å². The first-order valence-electron chi connectivity index (χ1n) is 16.2. The Balaban J connectivity index is 1.71. The molecule has 0 amide bonds. The van der Waals surface area contributed by atoms with Crippen LogP contribution in [-0.4, -0.2) is 49.1 Å². The smallest absolute Gasteiger partial charge is 0.166 e. The van der Waals surface area contributed by atoms with Gasteiger partial charge >= 0.3 is 0 Å². The van der Waals surface area contributed by atoms with Gasteiger partial charge in [-0.25, -0.2) is 0 Å². The lowest BCUT2D eigenvalue weighted by Crippen LogP contribution is -2.15. The van der Waals surface area contributed by atoms with E-state index >= 15 is 0 Å². The summed E-state index contributed by atoms with van der Waals surface area (Å²) >= 11 is 0. The van der Waals surface area contributed by atoms with Gasteiger partial charge in [-0.05, 0) is 57.3 Å². The minimum Gasteiger partial charge on any atom is -0.504 e. The summed E-state index contributed by atoms with van der Waals surface area (Å²) < 4.78 is 17.9. The maximum atomic E-state index is 11.4. The molecule has 1 aliphatic rings. The zero-order chi connectivity index (χ0) is 33.6. The number of phenolic OH excluding ortho intramolecular Hbond substituents is 2. The molecular formula is C40H46N2O5. The Kier molecular flexibility index (Phi) is 10.4. The molecule has 4 bridgehead atoms. The Hall–Kier alpha value is -4.62. The number of aromatic hydroxyl groups is 2. The van der Waals surface area contributed by atoms with E-state index in [1.807, 2.05) is 84.9 Å². The highest BCUT2D eigenvalue weighted by Gasteiger charge is 2.26. The normalized spacial score (nSPS) is 17.9. The summed E-state index contributed by atoms with van der Waals surface area (Å²) in [5.41, 5.74) is 4.63. The van der Waals surface area contributed by atoms with E-state index in [0.717, 1.165) is 22.3 Å². The maximum absolute atomic E-state index is 11.4. The summed E-state index contributed by atoms with van der Waals surface area (Å²) in [6.07, 6.45) is 3.43. The van der Waals surface area contributed by atoms with Crippen LogP contribution in [0.2, 0.25) is 0 Å². The van der Waals surface area contributed by atoms with Crippen molar-refractivity contribution in [1.82, 2.24) is 0 Å². The summed E-state index contributed by atoms with van der Waals surface area (Å²) in [4.78, 5) is 10.3. The van der Waals surface area contributed by atoms with Gasteiger partial charge in [0.2, 0.25) is 0 Å². The zero-order valence-corrected chi connectivity index (χ0v) is 28.2. The molecule has 246 valence electrons. The molecule has 0 aliphatic carbocycles. The van der Waals surface area contributed by atoms with Crippen LogP contribution in [0.25, 0.3) is 0 Å². The lowest BCUT2D eigenvalue weighted by atomic mass is 9.85. The van der Waals surface area contributed by atoms with Gasteiger partial charge in [0.05, 0.1) is 13.2 Å². The number of benzene rings is 4. The third-order valence-electron chi connectivity index (χ3n) is 8.24. The number of phenols is 2. The quantitative estimate of drug-likeness (QED) is 0.231. The van der Waals surface area contributed by atoms with Crippen LogP contribution in [0.5, 0.6) is 23.0 Å². The molecule has 0 radical (unpaired) electrons. The van der Waals surface area contributed by atoms with E-state index in [2.05, 4.69) is 41.5 Å². The molecule has 47 heavy (non-hydrogen) atoms. The second-order valence-corrected chi connectivity index (χ2v) is 13.9. The predicted molar refractivity (Wildman–Crippen MR) is 189 cm³/mol. The van der Waals surface area contributed by atoms with Crippen molar-refractivity contribution < 1.29 is 24.4 Å². The van der Waals surface area contributed by atoms with Gasteiger partial charge < -0.3 is 24.4 Å². The van der Waals surface area contributed by atoms with Gasteiger partial charge in [-0.2, -0.15) is 0 Å². The molecular weight excluding hydrogens is 588 g/mol. The monoisotopic (exact) mass is 634 g/mol. The fourth-order valence-electron chi connectivity index (χ4n) is 5.39. The van der Waals surface area contributed by atoms with Crippen LogP contribution >= 0.6 is 0 Å². The zero-order valence-electron chi connectivity index (χ0n) is 28.2. The van der Waals surface area contributed by atoms with Crippen molar-refractivity contribution in [3.05, 3.63) is 118 Å². The van der Waals surface area contributed by atoms with Gasteiger partial charge in [0, 0.05) is 23.6 Å². The van der Waals surface area contributed by atoms with Crippen LogP contribution in [-0.2, 0) is 15.6 Å². The van der Waals surface area contributed by atoms with Crippen LogP contribution in [0.15, 0.2) is 94.9 Å². The Morgan fingerprint density at radius 2 is 0.936 bits per heavy atom. The molecule has 0 saturated heterocycles. The Bertz CT molecular complexity index is 1580. The molecule has 1 aliphatic heterocycles. The Morgan fingerprint density at radius 1 is 0.553 bits per heavy atom. The van der Waals surface area contributed by atoms with Gasteiger partial charge in [-0.3, -0.25) is 9.98 Å². The van der Waals surface area contributed by atoms with Crippen molar-refractivity contribution in [2.75, 3.05) is 26.4 Å². The second-order valence-electron chi connectivity index (χ2n) is 13.9. The SMILES string of the molecule is CC(C)(C)c1cc2c(O)c(c1)OCCOCCOc1cc(C(C)(C)C)cc(c1O)C=N[C@@H](c1ccccc1)C(c1ccccc1)N=C2. The molecule has 7 heteroatoms. The van der Waals surface area contributed by atoms with Crippen molar-refractivity contribution in [2.24, 2.45) is 9.98 Å². The molecule has 0 saturated carbocycles. The topological polar surface area (TPSA) is 92.9 Å². The van der Waals surface area contributed by atoms with E-state index in [-0.39, 0.29) is 35.5 Å². The Labute approximate surface area is 278 Å². The fraction of sp³-hybridized carbons (Fsp3) is 0.350. The molecule has 2 atom stereocenters. The van der Waals surface area contributed by atoms with Crippen LogP contribution < -0.4 is 9.47 Å². The first-order valence-corrected chi connectivity index (χ1v) is 16.2. The van der Waals surface area contributed by atoms with E-state index in [0.29, 0.717) is 35.8 Å². The van der Waals surface area contributed by atoms with Gasteiger partial charge in [0.25, 0.3) is 0 Å². The van der Waals surface area contributed by atoms with Crippen LogP contribution in [0.1, 0.15) is 87.0 Å². The molecule has 4 aromatic rings. The predicted octanol–water partition coefficient (Wildman–Crippen LogP) is 8.50. The van der Waals surface area contributed by atoms with E-state index in [4.69, 9.17) is 24.2 Å². The highest BCUT2D eigenvalue weighted by atomic mass is 16.5. The van der Waals surface area contributed by atoms with E-state index in [1.165, 1.54) is 0 Å². The fourth-order valence-corrected chi connectivity index (χ4v) is 5.39. The van der Waals surface area contributed by atoms with Crippen molar-refractivity contribution in [3.63, 3.8) is 0 Å². The first kappa shape index (κ1) is 33.7. The van der Waals surface area contributed by atoms with Crippen LogP contribution in [0.4, 0.5) is 0 Å². The third kappa shape index (κ3) is 8.40. The number of hydrogen-bond acceptors (Lipinski definition) is 7. The molecule has 0 spiro atoms. The standard InChI is InChI=1S/C40H46N2O5/c1-39(2,3)31-21-29-25-41-35(27-13-9-7-10-14-27)36(28-15-11-8-12-16-28)42-26-30-22-32(40(4,5)6)24-34(38(30)44)47-20-18-45-17-19-46-33(23-31)37(29)43/h7-16,21-26,35-36,43-44H,17-20H2,1-6H3/t35-,36?/m0/s1. The summed E-state index contributed by atoms with van der Waals surface area (Å²) in [6.45, 7) is 13.8. The molecule has 1 heterocycles. The summed E-state index contributed by atoms with van der Waals surface area (Å²) in [6, 6.07) is 26.8. The van der Waals surface area contributed by atoms with Crippen molar-refractivity contribution in [3.8, 4) is 23.0 Å². The average molecular weight is 635 g/mol. The highest BCUT2D eigenvalue weighted by Crippen LogP contribution is 2.40. The van der Waals surface area contributed by atoms with Crippen molar-refractivity contribution >= 4 is 12.4 Å². The van der Waals surface area contributed by atoms with Gasteiger partial charge in [0.1, 0.15) is 25.3 Å². The number of fused-ring (bicyclic) bond motifs is 4. The third-order valence-corrected chi connectivity index (χ3v) is 8.24. The average Bonchev–Trinajstić information content (AvgIpc) is 3.03. The van der Waals surface area contributed by atoms with Gasteiger partial charge in [0.15, 0.2) is 23.0 Å². The molecule has 2 N–H and O–H groups in total. The minimum atomic E-state index is -0.462. The second kappa shape index (κ2) is 14.4. The lowest BCUT2D eigenvalue weighted by Gasteiger charge is -2.24. The maximum Gasteiger partial charge on any atom is 0.166 e. The van der Waals surface area contributed by atoms with Gasteiger partial charge in [-0.15, -0.1) is 0 Å².